The number of pyridine rings is 1. The summed E-state index contributed by atoms with van der Waals surface area (Å²) in [5.74, 6) is 0. The molecule has 0 unspecified atom stereocenters. The Morgan fingerprint density at radius 3 is 2.71 bits per heavy atom. The third-order valence-electron chi connectivity index (χ3n) is 3.43. The lowest BCUT2D eigenvalue weighted by Crippen LogP contribution is -2.13. The fourth-order valence-electron chi connectivity index (χ4n) is 2.14. The van der Waals surface area contributed by atoms with Gasteiger partial charge in [-0.05, 0) is 48.4 Å². The smallest absolute Gasteiger partial charge is 0.330 e. The van der Waals surface area contributed by atoms with E-state index in [0.29, 0.717) is 0 Å². The molecule has 0 amide bonds. The fraction of sp³-hybridized carbons (Fsp3) is 0.125. The van der Waals surface area contributed by atoms with Crippen molar-refractivity contribution in [3.05, 3.63) is 76.7 Å². The minimum Gasteiger partial charge on any atom is -0.381 e. The molecule has 0 saturated heterocycles. The number of nitrogens with one attached hydrogen (secondary N) is 2. The van der Waals surface area contributed by atoms with E-state index in [4.69, 9.17) is 0 Å². The lowest BCUT2D eigenvalue weighted by Gasteiger charge is -2.09. The molecule has 2 aromatic heterocycles. The molecule has 0 radical (unpaired) electrons. The Kier molecular flexibility index (Phi) is 3.55. The summed E-state index contributed by atoms with van der Waals surface area (Å²) in [4.78, 5) is 18.3. The van der Waals surface area contributed by atoms with Crippen LogP contribution < -0.4 is 11.0 Å². The molecule has 0 aliphatic rings. The molecule has 5 heteroatoms. The van der Waals surface area contributed by atoms with E-state index in [0.717, 1.165) is 17.9 Å². The van der Waals surface area contributed by atoms with E-state index < -0.39 is 0 Å². The zero-order valence-corrected chi connectivity index (χ0v) is 11.7. The van der Waals surface area contributed by atoms with Gasteiger partial charge in [0.05, 0.1) is 5.69 Å². The van der Waals surface area contributed by atoms with E-state index in [-0.39, 0.29) is 5.69 Å². The summed E-state index contributed by atoms with van der Waals surface area (Å²) in [5.41, 5.74) is 4.09. The normalized spacial score (nSPS) is 10.5. The molecule has 2 heterocycles. The highest BCUT2D eigenvalue weighted by molar-refractivity contribution is 5.49. The van der Waals surface area contributed by atoms with Gasteiger partial charge in [-0.1, -0.05) is 0 Å². The van der Waals surface area contributed by atoms with Crippen LogP contribution in [0.5, 0.6) is 0 Å². The zero-order valence-electron chi connectivity index (χ0n) is 11.7. The van der Waals surface area contributed by atoms with Gasteiger partial charge >= 0.3 is 5.69 Å². The lowest BCUT2D eigenvalue weighted by atomic mass is 10.1. The Morgan fingerprint density at radius 2 is 2.05 bits per heavy atom. The molecule has 106 valence electrons. The number of rotatable bonds is 4. The van der Waals surface area contributed by atoms with E-state index in [1.165, 1.54) is 11.1 Å². The summed E-state index contributed by atoms with van der Waals surface area (Å²) in [5, 5.41) is 3.35. The lowest BCUT2D eigenvalue weighted by molar-refractivity contribution is 0.986. The number of aromatic nitrogens is 3. The number of aryl methyl sites for hydroxylation is 1. The van der Waals surface area contributed by atoms with Crippen LogP contribution in [0.2, 0.25) is 0 Å². The predicted octanol–water partition coefficient (Wildman–Crippen LogP) is 2.48. The number of hydrogen-bond donors (Lipinski definition) is 2. The maximum Gasteiger partial charge on any atom is 0.330 e. The first-order chi connectivity index (χ1) is 10.2. The molecule has 0 spiro atoms. The van der Waals surface area contributed by atoms with Crippen LogP contribution in [-0.2, 0) is 6.54 Å². The van der Waals surface area contributed by atoms with Gasteiger partial charge in [0.2, 0.25) is 0 Å². The fourth-order valence-corrected chi connectivity index (χ4v) is 2.14. The first-order valence-electron chi connectivity index (χ1n) is 6.74. The Bertz CT molecular complexity index is 786. The van der Waals surface area contributed by atoms with Crippen LogP contribution in [0.4, 0.5) is 5.69 Å². The molecule has 1 aromatic carbocycles. The third-order valence-corrected chi connectivity index (χ3v) is 3.43. The summed E-state index contributed by atoms with van der Waals surface area (Å²) < 4.78 is 1.56. The van der Waals surface area contributed by atoms with Crippen molar-refractivity contribution in [3.8, 4) is 5.69 Å². The van der Waals surface area contributed by atoms with Crippen molar-refractivity contribution in [2.45, 2.75) is 13.5 Å². The van der Waals surface area contributed by atoms with Gasteiger partial charge in [-0.25, -0.2) is 4.79 Å². The molecule has 2 N–H and O–H groups in total. The van der Waals surface area contributed by atoms with Crippen LogP contribution in [0.15, 0.2) is 59.9 Å². The standard InChI is InChI=1S/C16H16N4O/c1-12-6-7-17-10-13(12)11-19-14-2-4-15(5-3-14)20-9-8-18-16(20)21/h2-10,19H,11H2,1H3,(H,18,21). The van der Waals surface area contributed by atoms with E-state index in [9.17, 15) is 4.79 Å². The molecular weight excluding hydrogens is 264 g/mol. The molecule has 0 bridgehead atoms. The number of H-pyrrole nitrogens is 1. The summed E-state index contributed by atoms with van der Waals surface area (Å²) in [6.07, 6.45) is 7.00. The second kappa shape index (κ2) is 5.66. The van der Waals surface area contributed by atoms with Crippen molar-refractivity contribution >= 4 is 5.69 Å². The Balaban J connectivity index is 1.72. The first kappa shape index (κ1) is 13.2. The Morgan fingerprint density at radius 1 is 1.24 bits per heavy atom. The van der Waals surface area contributed by atoms with Crippen molar-refractivity contribution in [2.24, 2.45) is 0 Å². The molecule has 3 aromatic rings. The highest BCUT2D eigenvalue weighted by atomic mass is 16.1. The molecular formula is C16H16N4O. The maximum absolute atomic E-state index is 11.5. The highest BCUT2D eigenvalue weighted by Crippen LogP contribution is 2.14. The number of imidazole rings is 1. The van der Waals surface area contributed by atoms with Crippen LogP contribution in [0.3, 0.4) is 0 Å². The van der Waals surface area contributed by atoms with Crippen LogP contribution in [0.25, 0.3) is 5.69 Å². The third kappa shape index (κ3) is 2.86. The quantitative estimate of drug-likeness (QED) is 0.771. The van der Waals surface area contributed by atoms with Crippen molar-refractivity contribution in [3.63, 3.8) is 0 Å². The summed E-state index contributed by atoms with van der Waals surface area (Å²) in [6, 6.07) is 9.74. The van der Waals surface area contributed by atoms with E-state index in [1.54, 1.807) is 23.2 Å². The summed E-state index contributed by atoms with van der Waals surface area (Å²) in [6.45, 7) is 2.79. The van der Waals surface area contributed by atoms with E-state index in [1.807, 2.05) is 36.5 Å². The van der Waals surface area contributed by atoms with Crippen LogP contribution in [-0.4, -0.2) is 14.5 Å². The first-order valence-corrected chi connectivity index (χ1v) is 6.74. The van der Waals surface area contributed by atoms with Gasteiger partial charge in [-0.15, -0.1) is 0 Å². The molecule has 0 fully saturated rings. The number of anilines is 1. The van der Waals surface area contributed by atoms with Gasteiger partial charge in [0.25, 0.3) is 0 Å². The van der Waals surface area contributed by atoms with Crippen LogP contribution in [0, 0.1) is 6.92 Å². The van der Waals surface area contributed by atoms with Gasteiger partial charge < -0.3 is 10.3 Å². The van der Waals surface area contributed by atoms with Gasteiger partial charge in [0.15, 0.2) is 0 Å². The van der Waals surface area contributed by atoms with Crippen molar-refractivity contribution < 1.29 is 0 Å². The number of nitrogens with zero attached hydrogens (tertiary/aromatic N) is 2. The minimum absolute atomic E-state index is 0.137. The van der Waals surface area contributed by atoms with Gasteiger partial charge in [0.1, 0.15) is 0 Å². The van der Waals surface area contributed by atoms with Gasteiger partial charge in [-0.3, -0.25) is 9.55 Å². The molecule has 5 nitrogen and oxygen atoms in total. The van der Waals surface area contributed by atoms with Crippen molar-refractivity contribution in [1.29, 1.82) is 0 Å². The van der Waals surface area contributed by atoms with Crippen molar-refractivity contribution in [2.75, 3.05) is 5.32 Å². The predicted molar refractivity (Wildman–Crippen MR) is 82.7 cm³/mol. The number of benzene rings is 1. The average molecular weight is 280 g/mol. The summed E-state index contributed by atoms with van der Waals surface area (Å²) >= 11 is 0. The van der Waals surface area contributed by atoms with E-state index in [2.05, 4.69) is 22.2 Å². The SMILES string of the molecule is Cc1ccncc1CNc1ccc(-n2cc[nH]c2=O)cc1. The monoisotopic (exact) mass is 280 g/mol. The summed E-state index contributed by atoms with van der Waals surface area (Å²) in [7, 11) is 0. The average Bonchev–Trinajstić information content (AvgIpc) is 2.93. The van der Waals surface area contributed by atoms with Crippen LogP contribution >= 0.6 is 0 Å². The van der Waals surface area contributed by atoms with Crippen molar-refractivity contribution in [1.82, 2.24) is 14.5 Å². The zero-order chi connectivity index (χ0) is 14.7. The maximum atomic E-state index is 11.5. The molecule has 0 aliphatic heterocycles. The largest absolute Gasteiger partial charge is 0.381 e. The van der Waals surface area contributed by atoms with Gasteiger partial charge in [-0.2, -0.15) is 0 Å². The molecule has 21 heavy (non-hydrogen) atoms. The second-order valence-corrected chi connectivity index (χ2v) is 4.84. The highest BCUT2D eigenvalue weighted by Gasteiger charge is 2.01. The molecule has 0 aliphatic carbocycles. The van der Waals surface area contributed by atoms with Gasteiger partial charge in [0, 0.05) is 37.0 Å². The number of hydrogen-bond acceptors (Lipinski definition) is 3. The van der Waals surface area contributed by atoms with E-state index >= 15 is 0 Å². The Hall–Kier alpha value is -2.82. The van der Waals surface area contributed by atoms with Crippen LogP contribution in [0.1, 0.15) is 11.1 Å². The topological polar surface area (TPSA) is 62.7 Å². The molecule has 3 rings (SSSR count). The molecule has 0 atom stereocenters. The second-order valence-electron chi connectivity index (χ2n) is 4.84. The number of aromatic amines is 1. The Labute approximate surface area is 122 Å². The minimum atomic E-state index is -0.137. The molecule has 0 saturated carbocycles.